The lowest BCUT2D eigenvalue weighted by molar-refractivity contribution is -0.137. The molecule has 0 aliphatic heterocycles. The molecule has 1 aromatic heterocycles. The largest absolute Gasteiger partial charge is 0.416 e. The second-order valence-electron chi connectivity index (χ2n) is 9.49. The molecular weight excluding hydrogens is 601 g/mol. The van der Waals surface area contributed by atoms with Gasteiger partial charge >= 0.3 is 12.2 Å². The summed E-state index contributed by atoms with van der Waals surface area (Å²) < 4.78 is 54.1. The number of aryl methyl sites for hydroxylation is 1. The van der Waals surface area contributed by atoms with Crippen molar-refractivity contribution in [2.24, 2.45) is 9.66 Å². The van der Waals surface area contributed by atoms with Crippen LogP contribution in [0.25, 0.3) is 0 Å². The number of nitrogens with zero attached hydrogens (tertiary/aromatic N) is 4. The van der Waals surface area contributed by atoms with Gasteiger partial charge < -0.3 is 16.4 Å². The number of nitrogen functional groups attached to an aromatic ring is 1. The van der Waals surface area contributed by atoms with Crippen molar-refractivity contribution in [2.45, 2.75) is 24.4 Å². The SMILES string of the molecule is Cc1ccc(NC(=O)c2cccc(C(F)(F)F)c2)cc1NC(=O)N(CCc1ccc(S(N)(=O)=NO)cc1)c1cc(N)ncn1. The Morgan fingerprint density at radius 3 is 2.41 bits per heavy atom. The Bertz CT molecular complexity index is 1810. The molecule has 0 saturated carbocycles. The molecule has 44 heavy (non-hydrogen) atoms. The van der Waals surface area contributed by atoms with Crippen molar-refractivity contribution < 1.29 is 32.2 Å². The van der Waals surface area contributed by atoms with Crippen LogP contribution in [0, 0.1) is 6.92 Å². The van der Waals surface area contributed by atoms with E-state index in [2.05, 4.69) is 25.1 Å². The molecule has 0 bridgehead atoms. The van der Waals surface area contributed by atoms with Gasteiger partial charge in [-0.2, -0.15) is 13.2 Å². The number of anilines is 4. The van der Waals surface area contributed by atoms with Gasteiger partial charge in [0.15, 0.2) is 9.92 Å². The summed E-state index contributed by atoms with van der Waals surface area (Å²) in [7, 11) is -3.43. The molecule has 0 fully saturated rings. The van der Waals surface area contributed by atoms with E-state index in [9.17, 15) is 27.0 Å². The van der Waals surface area contributed by atoms with Gasteiger partial charge in [0.25, 0.3) is 5.91 Å². The molecule has 3 amide bonds. The minimum absolute atomic E-state index is 0.106. The van der Waals surface area contributed by atoms with Gasteiger partial charge in [-0.1, -0.05) is 28.8 Å². The first-order chi connectivity index (χ1) is 20.8. The van der Waals surface area contributed by atoms with Crippen molar-refractivity contribution in [1.29, 1.82) is 0 Å². The predicted octanol–water partition coefficient (Wildman–Crippen LogP) is 5.01. The topological polar surface area (TPSA) is 189 Å². The van der Waals surface area contributed by atoms with Crippen LogP contribution in [0.3, 0.4) is 0 Å². The van der Waals surface area contributed by atoms with Crippen molar-refractivity contribution in [3.05, 3.63) is 101 Å². The Morgan fingerprint density at radius 1 is 1.02 bits per heavy atom. The summed E-state index contributed by atoms with van der Waals surface area (Å²) in [6.07, 6.45) is -3.09. The number of nitrogens with two attached hydrogens (primary N) is 2. The zero-order chi connectivity index (χ0) is 32.1. The van der Waals surface area contributed by atoms with E-state index < -0.39 is 33.6 Å². The molecule has 0 spiro atoms. The summed E-state index contributed by atoms with van der Waals surface area (Å²) in [4.78, 5) is 35.7. The Kier molecular flexibility index (Phi) is 9.46. The zero-order valence-corrected chi connectivity index (χ0v) is 23.9. The molecule has 7 N–H and O–H groups in total. The first-order valence-corrected chi connectivity index (χ1v) is 14.4. The molecule has 0 saturated heterocycles. The van der Waals surface area contributed by atoms with Gasteiger partial charge in [-0.25, -0.2) is 24.1 Å². The monoisotopic (exact) mass is 628 g/mol. The van der Waals surface area contributed by atoms with Crippen LogP contribution in [0.5, 0.6) is 0 Å². The molecule has 4 aromatic rings. The lowest BCUT2D eigenvalue weighted by Crippen LogP contribution is -2.37. The summed E-state index contributed by atoms with van der Waals surface area (Å²) >= 11 is 0. The fraction of sp³-hybridized carbons (Fsp3) is 0.143. The van der Waals surface area contributed by atoms with Crippen LogP contribution in [-0.2, 0) is 22.5 Å². The first kappa shape index (κ1) is 31.9. The van der Waals surface area contributed by atoms with Gasteiger partial charge in [0.2, 0.25) is 0 Å². The maximum absolute atomic E-state index is 13.5. The lowest BCUT2D eigenvalue weighted by Gasteiger charge is -2.23. The number of carbonyl (C=O) groups excluding carboxylic acids is 2. The minimum atomic E-state index is -4.61. The van der Waals surface area contributed by atoms with E-state index in [0.29, 0.717) is 17.7 Å². The Hall–Kier alpha value is -5.06. The molecule has 16 heteroatoms. The Labute approximate surface area is 250 Å². The van der Waals surface area contributed by atoms with E-state index in [4.69, 9.17) is 16.1 Å². The minimum Gasteiger partial charge on any atom is -0.384 e. The number of alkyl halides is 3. The van der Waals surface area contributed by atoms with Gasteiger partial charge in [0.05, 0.1) is 10.5 Å². The highest BCUT2D eigenvalue weighted by atomic mass is 32.2. The van der Waals surface area contributed by atoms with Gasteiger partial charge in [0.1, 0.15) is 18.0 Å². The standard InChI is InChI=1S/C28H27F3N8O4S/c1-17-5-8-21(36-26(40)19-3-2-4-20(13-19)28(29,30)31)14-23(17)37-27(41)39(25-15-24(32)34-16-35-25)12-11-18-6-9-22(10-7-18)44(33,43)38-42/h2-10,13-16,42H,11-12H2,1H3,(H,36,40)(H,37,41)(H2,32,34,35)(H2,33,38,43). The Balaban J connectivity index is 1.53. The quantitative estimate of drug-likeness (QED) is 0.170. The number of rotatable bonds is 8. The molecule has 0 aliphatic carbocycles. The summed E-state index contributed by atoms with van der Waals surface area (Å²) in [6.45, 7) is 1.83. The fourth-order valence-electron chi connectivity index (χ4n) is 4.03. The second-order valence-corrected chi connectivity index (χ2v) is 11.3. The highest BCUT2D eigenvalue weighted by molar-refractivity contribution is 7.91. The van der Waals surface area contributed by atoms with Crippen LogP contribution < -0.4 is 26.4 Å². The van der Waals surface area contributed by atoms with E-state index in [-0.39, 0.29) is 34.3 Å². The predicted molar refractivity (Wildman–Crippen MR) is 158 cm³/mol. The molecule has 1 atom stereocenters. The van der Waals surface area contributed by atoms with Crippen molar-refractivity contribution in [3.63, 3.8) is 0 Å². The molecular formula is C28H27F3N8O4S. The molecule has 0 radical (unpaired) electrons. The number of hydrogen-bond acceptors (Lipinski definition) is 7. The molecule has 12 nitrogen and oxygen atoms in total. The third-order valence-corrected chi connectivity index (χ3v) is 7.58. The van der Waals surface area contributed by atoms with Crippen LogP contribution in [-0.4, -0.2) is 37.9 Å². The molecule has 4 rings (SSSR count). The summed E-state index contributed by atoms with van der Waals surface area (Å²) in [5, 5.41) is 19.7. The summed E-state index contributed by atoms with van der Waals surface area (Å²) in [5.41, 5.74) is 6.59. The number of carbonyl (C=O) groups is 2. The van der Waals surface area contributed by atoms with Crippen LogP contribution >= 0.6 is 0 Å². The highest BCUT2D eigenvalue weighted by Crippen LogP contribution is 2.30. The number of urea groups is 1. The normalized spacial score (nSPS) is 12.6. The molecule has 3 aromatic carbocycles. The van der Waals surface area contributed by atoms with E-state index in [1.807, 2.05) is 0 Å². The third kappa shape index (κ3) is 7.85. The molecule has 1 heterocycles. The zero-order valence-electron chi connectivity index (χ0n) is 23.1. The van der Waals surface area contributed by atoms with Gasteiger partial charge in [0, 0.05) is 29.5 Å². The number of halogens is 3. The van der Waals surface area contributed by atoms with Crippen molar-refractivity contribution >= 4 is 44.9 Å². The van der Waals surface area contributed by atoms with Crippen LogP contribution in [0.15, 0.2) is 88.5 Å². The average Bonchev–Trinajstić information content (AvgIpc) is 2.99. The van der Waals surface area contributed by atoms with Crippen LogP contribution in [0.4, 0.5) is 41.0 Å². The van der Waals surface area contributed by atoms with E-state index in [1.54, 1.807) is 31.2 Å². The smallest absolute Gasteiger partial charge is 0.384 e. The van der Waals surface area contributed by atoms with Crippen molar-refractivity contribution in [1.82, 2.24) is 9.97 Å². The number of aromatic nitrogens is 2. The molecule has 0 aliphatic rings. The van der Waals surface area contributed by atoms with E-state index >= 15 is 0 Å². The number of hydrogen-bond donors (Lipinski definition) is 5. The lowest BCUT2D eigenvalue weighted by atomic mass is 10.1. The average molecular weight is 629 g/mol. The second kappa shape index (κ2) is 13.1. The number of benzene rings is 3. The van der Waals surface area contributed by atoms with Crippen LogP contribution in [0.2, 0.25) is 0 Å². The van der Waals surface area contributed by atoms with Crippen molar-refractivity contribution in [3.8, 4) is 0 Å². The van der Waals surface area contributed by atoms with Gasteiger partial charge in [-0.05, 0) is 66.9 Å². The van der Waals surface area contributed by atoms with Crippen LogP contribution in [0.1, 0.15) is 27.0 Å². The molecule has 1 unspecified atom stereocenters. The van der Waals surface area contributed by atoms with E-state index in [0.717, 1.165) is 23.8 Å². The fourth-order valence-corrected chi connectivity index (χ4v) is 4.65. The third-order valence-electron chi connectivity index (χ3n) is 6.39. The summed E-state index contributed by atoms with van der Waals surface area (Å²) in [6, 6.07) is 15.6. The maximum Gasteiger partial charge on any atom is 0.416 e. The van der Waals surface area contributed by atoms with E-state index in [1.165, 1.54) is 41.6 Å². The Morgan fingerprint density at radius 2 is 1.75 bits per heavy atom. The maximum atomic E-state index is 13.5. The molecule has 230 valence electrons. The van der Waals surface area contributed by atoms with Gasteiger partial charge in [-0.15, -0.1) is 0 Å². The highest BCUT2D eigenvalue weighted by Gasteiger charge is 2.31. The van der Waals surface area contributed by atoms with Gasteiger partial charge in [-0.3, -0.25) is 14.9 Å². The number of nitrogens with one attached hydrogen (secondary N) is 2. The van der Waals surface area contributed by atoms with Crippen molar-refractivity contribution in [2.75, 3.05) is 27.8 Å². The number of amides is 3. The first-order valence-electron chi connectivity index (χ1n) is 12.8. The summed E-state index contributed by atoms with van der Waals surface area (Å²) in [5.74, 6) is -0.445.